The maximum Gasteiger partial charge on any atom is 0.264 e. The van der Waals surface area contributed by atoms with Crippen LogP contribution < -0.4 is 9.80 Å². The Kier molecular flexibility index (Phi) is 6.63. The summed E-state index contributed by atoms with van der Waals surface area (Å²) in [6, 6.07) is 25.1. The van der Waals surface area contributed by atoms with Crippen molar-refractivity contribution in [2.75, 3.05) is 23.0 Å². The summed E-state index contributed by atoms with van der Waals surface area (Å²) in [7, 11) is 0. The summed E-state index contributed by atoms with van der Waals surface area (Å²) in [4.78, 5) is 47.1. The lowest BCUT2D eigenvalue weighted by molar-refractivity contribution is -0.150. The Bertz CT molecular complexity index is 1950. The predicted octanol–water partition coefficient (Wildman–Crippen LogP) is 5.62. The fraction of sp³-hybridized carbons (Fsp3) is 0.289. The van der Waals surface area contributed by atoms with Crippen LogP contribution in [-0.2, 0) is 32.9 Å². The fourth-order valence-electron chi connectivity index (χ4n) is 8.16. The molecule has 0 aromatic heterocycles. The van der Waals surface area contributed by atoms with Crippen LogP contribution in [0.1, 0.15) is 46.8 Å². The molecule has 232 valence electrons. The van der Waals surface area contributed by atoms with Crippen molar-refractivity contribution in [2.45, 2.75) is 50.5 Å². The molecule has 4 heterocycles. The standard InChI is InChI=1S/C38H35N3O5/c1-3-16-39-32-15-14-27(41-33-13-7-11-24-10-6-12-30(35(24)33)36(41)44)19-31(32)38(37(39)45)23(2)17-29(46-38)20-34(43)40-21-26-9-5-4-8-25(26)18-28(40)22-42/h3-15,19,23,28-29,42H,1,16-18,20-22H2,2H3/t23-,28+,29-,38+/m1/s1. The monoisotopic (exact) mass is 613 g/mol. The van der Waals surface area contributed by atoms with Crippen LogP contribution in [0.2, 0.25) is 0 Å². The Morgan fingerprint density at radius 1 is 1.02 bits per heavy atom. The number of carbonyl (C=O) groups excluding carboxylic acids is 3. The highest BCUT2D eigenvalue weighted by molar-refractivity contribution is 6.28. The van der Waals surface area contributed by atoms with Gasteiger partial charge in [-0.15, -0.1) is 6.58 Å². The Morgan fingerprint density at radius 2 is 1.80 bits per heavy atom. The highest BCUT2D eigenvalue weighted by Gasteiger charge is 2.60. The number of hydrogen-bond donors (Lipinski definition) is 1. The summed E-state index contributed by atoms with van der Waals surface area (Å²) < 4.78 is 6.76. The molecule has 1 fully saturated rings. The molecule has 1 saturated heterocycles. The highest BCUT2D eigenvalue weighted by Crippen LogP contribution is 2.55. The van der Waals surface area contributed by atoms with Gasteiger partial charge in [-0.05, 0) is 59.7 Å². The van der Waals surface area contributed by atoms with Gasteiger partial charge in [-0.3, -0.25) is 19.3 Å². The van der Waals surface area contributed by atoms with Crippen molar-refractivity contribution in [1.29, 1.82) is 0 Å². The molecule has 3 amide bonds. The van der Waals surface area contributed by atoms with Crippen LogP contribution in [0.5, 0.6) is 0 Å². The minimum atomic E-state index is -1.30. The zero-order valence-corrected chi connectivity index (χ0v) is 25.7. The van der Waals surface area contributed by atoms with E-state index in [0.717, 1.165) is 33.3 Å². The van der Waals surface area contributed by atoms with Crippen LogP contribution >= 0.6 is 0 Å². The molecule has 1 spiro atoms. The number of hydrogen-bond acceptors (Lipinski definition) is 5. The largest absolute Gasteiger partial charge is 0.394 e. The number of nitrogens with zero attached hydrogens (tertiary/aromatic N) is 3. The van der Waals surface area contributed by atoms with Crippen molar-refractivity contribution in [3.8, 4) is 0 Å². The third-order valence-corrected chi connectivity index (χ3v) is 10.3. The van der Waals surface area contributed by atoms with Crippen LogP contribution in [0.25, 0.3) is 10.8 Å². The molecule has 0 unspecified atom stereocenters. The van der Waals surface area contributed by atoms with E-state index in [4.69, 9.17) is 4.74 Å². The number of benzene rings is 4. The molecule has 8 rings (SSSR count). The number of aliphatic hydroxyl groups excluding tert-OH is 1. The molecule has 4 aliphatic heterocycles. The van der Waals surface area contributed by atoms with Crippen molar-refractivity contribution >= 4 is 45.6 Å². The van der Waals surface area contributed by atoms with Crippen molar-refractivity contribution in [1.82, 2.24) is 4.90 Å². The van der Waals surface area contributed by atoms with E-state index in [9.17, 15) is 19.5 Å². The summed E-state index contributed by atoms with van der Waals surface area (Å²) >= 11 is 0. The molecule has 0 saturated carbocycles. The van der Waals surface area contributed by atoms with E-state index in [1.807, 2.05) is 85.8 Å². The van der Waals surface area contributed by atoms with E-state index in [2.05, 4.69) is 6.58 Å². The number of carbonyl (C=O) groups is 3. The molecule has 4 aromatic rings. The lowest BCUT2D eigenvalue weighted by Gasteiger charge is -2.36. The van der Waals surface area contributed by atoms with Gasteiger partial charge in [0.2, 0.25) is 5.91 Å². The van der Waals surface area contributed by atoms with Crippen molar-refractivity contribution in [3.63, 3.8) is 0 Å². The van der Waals surface area contributed by atoms with Crippen molar-refractivity contribution in [3.05, 3.63) is 114 Å². The normalized spacial score (nSPS) is 24.7. The van der Waals surface area contributed by atoms with Crippen molar-refractivity contribution in [2.24, 2.45) is 5.92 Å². The lowest BCUT2D eigenvalue weighted by atomic mass is 9.82. The van der Waals surface area contributed by atoms with E-state index in [-0.39, 0.29) is 42.7 Å². The second-order valence-corrected chi connectivity index (χ2v) is 12.9. The van der Waals surface area contributed by atoms with Gasteiger partial charge in [0.15, 0.2) is 5.60 Å². The van der Waals surface area contributed by atoms with Crippen LogP contribution in [0.3, 0.4) is 0 Å². The molecule has 0 aliphatic carbocycles. The van der Waals surface area contributed by atoms with Gasteiger partial charge in [0, 0.05) is 35.6 Å². The van der Waals surface area contributed by atoms with Gasteiger partial charge in [-0.2, -0.15) is 0 Å². The zero-order chi connectivity index (χ0) is 31.7. The summed E-state index contributed by atoms with van der Waals surface area (Å²) in [5.74, 6) is -0.621. The van der Waals surface area contributed by atoms with Gasteiger partial charge < -0.3 is 19.6 Å². The van der Waals surface area contributed by atoms with Crippen LogP contribution in [0.4, 0.5) is 17.1 Å². The Balaban J connectivity index is 1.13. The number of anilines is 3. The number of ether oxygens (including phenoxy) is 1. The summed E-state index contributed by atoms with van der Waals surface area (Å²) in [6.45, 7) is 6.51. The van der Waals surface area contributed by atoms with Gasteiger partial charge in [0.1, 0.15) is 0 Å². The quantitative estimate of drug-likeness (QED) is 0.285. The lowest BCUT2D eigenvalue weighted by Crippen LogP contribution is -2.47. The Morgan fingerprint density at radius 3 is 2.59 bits per heavy atom. The van der Waals surface area contributed by atoms with Crippen LogP contribution in [0.15, 0.2) is 91.5 Å². The van der Waals surface area contributed by atoms with Crippen LogP contribution in [-0.4, -0.2) is 53.0 Å². The van der Waals surface area contributed by atoms with E-state index < -0.39 is 11.7 Å². The molecular weight excluding hydrogens is 578 g/mol. The van der Waals surface area contributed by atoms with E-state index in [0.29, 0.717) is 42.7 Å². The first kappa shape index (κ1) is 28.7. The molecule has 4 aliphatic rings. The predicted molar refractivity (Wildman–Crippen MR) is 176 cm³/mol. The Labute approximate surface area is 267 Å². The third kappa shape index (κ3) is 4.03. The molecule has 8 heteroatoms. The average Bonchev–Trinajstić information content (AvgIpc) is 3.64. The second kappa shape index (κ2) is 10.6. The third-order valence-electron chi connectivity index (χ3n) is 10.3. The van der Waals surface area contributed by atoms with E-state index >= 15 is 0 Å². The van der Waals surface area contributed by atoms with Gasteiger partial charge in [-0.1, -0.05) is 61.5 Å². The molecule has 1 N–H and O–H groups in total. The van der Waals surface area contributed by atoms with Crippen LogP contribution in [0, 0.1) is 5.92 Å². The Hall–Kier alpha value is -4.79. The second-order valence-electron chi connectivity index (χ2n) is 12.9. The SMILES string of the molecule is C=CCN1C(=O)[C@@]2(O[C@@H](CC(=O)N3Cc4ccccc4C[C@H]3CO)C[C@H]2C)c2cc(N3C(=O)c4cccc5cccc3c45)ccc21. The van der Waals surface area contributed by atoms with Gasteiger partial charge in [0.25, 0.3) is 11.8 Å². The first-order valence-corrected chi connectivity index (χ1v) is 15.9. The molecule has 4 atom stereocenters. The van der Waals surface area contributed by atoms with E-state index in [1.54, 1.807) is 20.8 Å². The van der Waals surface area contributed by atoms with E-state index in [1.165, 1.54) is 0 Å². The molecule has 46 heavy (non-hydrogen) atoms. The molecular formula is C38H35N3O5. The summed E-state index contributed by atoms with van der Waals surface area (Å²) in [6.07, 6.45) is 2.43. The number of amides is 3. The molecule has 8 nitrogen and oxygen atoms in total. The number of fused-ring (bicyclic) bond motifs is 3. The van der Waals surface area contributed by atoms with Crippen molar-refractivity contribution < 1.29 is 24.2 Å². The fourth-order valence-corrected chi connectivity index (χ4v) is 8.16. The molecule has 4 aromatic carbocycles. The first-order chi connectivity index (χ1) is 22.3. The highest BCUT2D eigenvalue weighted by atomic mass is 16.5. The summed E-state index contributed by atoms with van der Waals surface area (Å²) in [5, 5.41) is 12.1. The smallest absolute Gasteiger partial charge is 0.264 e. The van der Waals surface area contributed by atoms with Gasteiger partial charge in [0.05, 0.1) is 42.1 Å². The zero-order valence-electron chi connectivity index (χ0n) is 25.7. The minimum Gasteiger partial charge on any atom is -0.394 e. The average molecular weight is 614 g/mol. The first-order valence-electron chi connectivity index (χ1n) is 15.9. The summed E-state index contributed by atoms with van der Waals surface area (Å²) in [5.41, 5.74) is 4.48. The number of rotatable bonds is 6. The number of aliphatic hydroxyl groups is 1. The maximum atomic E-state index is 14.3. The topological polar surface area (TPSA) is 90.4 Å². The minimum absolute atomic E-state index is 0.0984. The van der Waals surface area contributed by atoms with Gasteiger partial charge >= 0.3 is 0 Å². The molecule has 0 radical (unpaired) electrons. The molecule has 0 bridgehead atoms. The van der Waals surface area contributed by atoms with Gasteiger partial charge in [-0.25, -0.2) is 0 Å². The maximum absolute atomic E-state index is 14.3.